The van der Waals surface area contributed by atoms with Gasteiger partial charge < -0.3 is 24.3 Å². The number of fused-ring (bicyclic) bond motifs is 1. The third kappa shape index (κ3) is 6.21. The molecule has 1 aliphatic carbocycles. The van der Waals surface area contributed by atoms with Gasteiger partial charge in [-0.1, -0.05) is 23.2 Å². The SMILES string of the molecule is C1CCOCC1.CNc1cc2c(OCC3CC3)nc(-c3c(Cl)c(OC)cc(OC)c3Cl)cc2cn1. The quantitative estimate of drug-likeness (QED) is 0.374. The second-order valence-corrected chi connectivity index (χ2v) is 9.32. The van der Waals surface area contributed by atoms with Crippen LogP contribution in [0.4, 0.5) is 5.82 Å². The molecule has 35 heavy (non-hydrogen) atoms. The van der Waals surface area contributed by atoms with Gasteiger partial charge in [-0.05, 0) is 50.2 Å². The van der Waals surface area contributed by atoms with Crippen LogP contribution in [0.5, 0.6) is 17.4 Å². The highest BCUT2D eigenvalue weighted by Crippen LogP contribution is 2.46. The maximum atomic E-state index is 6.59. The van der Waals surface area contributed by atoms with Crippen molar-refractivity contribution in [1.82, 2.24) is 9.97 Å². The van der Waals surface area contributed by atoms with Gasteiger partial charge in [0.2, 0.25) is 5.88 Å². The van der Waals surface area contributed by atoms with Gasteiger partial charge >= 0.3 is 0 Å². The Hall–Kier alpha value is -2.48. The molecule has 0 radical (unpaired) electrons. The zero-order chi connectivity index (χ0) is 24.8. The molecule has 0 bridgehead atoms. The lowest BCUT2D eigenvalue weighted by atomic mass is 10.1. The molecule has 188 valence electrons. The van der Waals surface area contributed by atoms with E-state index in [-0.39, 0.29) is 0 Å². The second kappa shape index (κ2) is 12.0. The molecule has 1 aromatic carbocycles. The Kier molecular flexibility index (Phi) is 8.76. The highest BCUT2D eigenvalue weighted by atomic mass is 35.5. The number of anilines is 1. The number of benzene rings is 1. The molecule has 3 heterocycles. The van der Waals surface area contributed by atoms with E-state index in [0.717, 1.165) is 29.8 Å². The molecule has 1 saturated carbocycles. The average molecular weight is 520 g/mol. The predicted octanol–water partition coefficient (Wildman–Crippen LogP) is 6.64. The van der Waals surface area contributed by atoms with E-state index in [4.69, 9.17) is 47.1 Å². The number of nitrogens with one attached hydrogen (secondary N) is 1. The maximum absolute atomic E-state index is 6.59. The Bertz CT molecular complexity index is 1130. The minimum atomic E-state index is 0.359. The van der Waals surface area contributed by atoms with Crippen LogP contribution in [0.1, 0.15) is 32.1 Å². The Morgan fingerprint density at radius 3 is 2.20 bits per heavy atom. The number of nitrogens with zero attached hydrogens (tertiary/aromatic N) is 2. The summed E-state index contributed by atoms with van der Waals surface area (Å²) < 4.78 is 21.9. The molecule has 5 rings (SSSR count). The van der Waals surface area contributed by atoms with E-state index in [1.807, 2.05) is 19.2 Å². The highest BCUT2D eigenvalue weighted by molar-refractivity contribution is 6.41. The van der Waals surface area contributed by atoms with Gasteiger partial charge in [-0.2, -0.15) is 0 Å². The number of aromatic nitrogens is 2. The van der Waals surface area contributed by atoms with Crippen LogP contribution in [-0.4, -0.2) is 51.1 Å². The number of methoxy groups -OCH3 is 2. The van der Waals surface area contributed by atoms with Crippen LogP contribution in [0, 0.1) is 5.92 Å². The van der Waals surface area contributed by atoms with Gasteiger partial charge in [-0.25, -0.2) is 9.97 Å². The first-order chi connectivity index (χ1) is 17.0. The third-order valence-electron chi connectivity index (χ3n) is 6.00. The smallest absolute Gasteiger partial charge is 0.222 e. The van der Waals surface area contributed by atoms with Crippen molar-refractivity contribution in [3.63, 3.8) is 0 Å². The molecule has 0 amide bonds. The minimum absolute atomic E-state index is 0.359. The van der Waals surface area contributed by atoms with Crippen LogP contribution in [0.2, 0.25) is 10.0 Å². The van der Waals surface area contributed by atoms with E-state index in [1.54, 1.807) is 26.5 Å². The summed E-state index contributed by atoms with van der Waals surface area (Å²) in [4.78, 5) is 9.17. The van der Waals surface area contributed by atoms with Crippen molar-refractivity contribution in [2.75, 3.05) is 46.4 Å². The molecule has 2 fully saturated rings. The van der Waals surface area contributed by atoms with E-state index in [2.05, 4.69) is 10.3 Å². The van der Waals surface area contributed by atoms with E-state index >= 15 is 0 Å². The zero-order valence-corrected chi connectivity index (χ0v) is 21.8. The van der Waals surface area contributed by atoms with Gasteiger partial charge in [0.05, 0.1) is 36.6 Å². The van der Waals surface area contributed by atoms with Crippen LogP contribution >= 0.6 is 23.2 Å². The molecule has 2 aliphatic rings. The van der Waals surface area contributed by atoms with E-state index in [1.165, 1.54) is 32.1 Å². The number of pyridine rings is 2. The second-order valence-electron chi connectivity index (χ2n) is 8.56. The predicted molar refractivity (Wildman–Crippen MR) is 141 cm³/mol. The summed E-state index contributed by atoms with van der Waals surface area (Å²) in [5, 5.41) is 5.51. The lowest BCUT2D eigenvalue weighted by Crippen LogP contribution is -2.03. The van der Waals surface area contributed by atoms with E-state index in [0.29, 0.717) is 51.2 Å². The van der Waals surface area contributed by atoms with Crippen molar-refractivity contribution >= 4 is 39.8 Å². The molecule has 1 aliphatic heterocycles. The summed E-state index contributed by atoms with van der Waals surface area (Å²) in [6, 6.07) is 5.46. The summed E-state index contributed by atoms with van der Waals surface area (Å²) >= 11 is 13.2. The minimum Gasteiger partial charge on any atom is -0.495 e. The van der Waals surface area contributed by atoms with Gasteiger partial charge in [0.1, 0.15) is 17.3 Å². The van der Waals surface area contributed by atoms with Gasteiger partial charge in [-0.15, -0.1) is 0 Å². The van der Waals surface area contributed by atoms with E-state index in [9.17, 15) is 0 Å². The molecule has 0 atom stereocenters. The van der Waals surface area contributed by atoms with Crippen LogP contribution < -0.4 is 19.5 Å². The van der Waals surface area contributed by atoms with Crippen molar-refractivity contribution < 1.29 is 18.9 Å². The van der Waals surface area contributed by atoms with Crippen molar-refractivity contribution in [2.24, 2.45) is 5.92 Å². The first-order valence-corrected chi connectivity index (χ1v) is 12.6. The summed E-state index contributed by atoms with van der Waals surface area (Å²) in [5.74, 6) is 2.76. The Morgan fingerprint density at radius 2 is 1.69 bits per heavy atom. The molecular weight excluding hydrogens is 489 g/mol. The summed E-state index contributed by atoms with van der Waals surface area (Å²) in [6.07, 6.45) is 8.08. The molecule has 0 spiro atoms. The fraction of sp³-hybridized carbons (Fsp3) is 0.462. The number of halogens is 2. The van der Waals surface area contributed by atoms with E-state index < -0.39 is 0 Å². The van der Waals surface area contributed by atoms with Crippen molar-refractivity contribution in [2.45, 2.75) is 32.1 Å². The fourth-order valence-electron chi connectivity index (χ4n) is 3.77. The number of hydrogen-bond acceptors (Lipinski definition) is 7. The molecule has 7 nitrogen and oxygen atoms in total. The van der Waals surface area contributed by atoms with Crippen molar-refractivity contribution in [3.8, 4) is 28.6 Å². The summed E-state index contributed by atoms with van der Waals surface area (Å²) in [7, 11) is 4.90. The fourth-order valence-corrected chi connectivity index (χ4v) is 4.46. The Morgan fingerprint density at radius 1 is 1.00 bits per heavy atom. The van der Waals surface area contributed by atoms with Gasteiger partial charge in [0.15, 0.2) is 0 Å². The molecule has 1 saturated heterocycles. The average Bonchev–Trinajstić information content (AvgIpc) is 3.73. The first kappa shape index (κ1) is 25.6. The highest BCUT2D eigenvalue weighted by Gasteiger charge is 2.24. The van der Waals surface area contributed by atoms with Crippen LogP contribution in [0.25, 0.3) is 22.0 Å². The standard InChI is InChI=1S/C21H21Cl2N3O3.C5H10O/c1-24-17-7-13-12(9-25-17)6-14(26-21(13)29-10-11-4-5-11)18-19(22)15(27-2)8-16(28-3)20(18)23;1-2-4-6-5-3-1/h6-9,11H,4-5,10H2,1-3H3,(H,24,25);1-5H2. The monoisotopic (exact) mass is 519 g/mol. The summed E-state index contributed by atoms with van der Waals surface area (Å²) in [6.45, 7) is 2.63. The molecule has 2 aromatic heterocycles. The molecule has 3 aromatic rings. The topological polar surface area (TPSA) is 74.7 Å². The van der Waals surface area contributed by atoms with Crippen LogP contribution in [0.15, 0.2) is 24.4 Å². The Labute approximate surface area is 216 Å². The lowest BCUT2D eigenvalue weighted by molar-refractivity contribution is 0.0968. The zero-order valence-electron chi connectivity index (χ0n) is 20.3. The molecule has 0 unspecified atom stereocenters. The lowest BCUT2D eigenvalue weighted by Gasteiger charge is -2.16. The van der Waals surface area contributed by atoms with Gasteiger partial charge in [0, 0.05) is 48.9 Å². The summed E-state index contributed by atoms with van der Waals surface area (Å²) in [5.41, 5.74) is 1.09. The number of ether oxygens (including phenoxy) is 4. The van der Waals surface area contributed by atoms with Crippen LogP contribution in [-0.2, 0) is 4.74 Å². The third-order valence-corrected chi connectivity index (χ3v) is 6.75. The van der Waals surface area contributed by atoms with Crippen LogP contribution in [0.3, 0.4) is 0 Å². The first-order valence-electron chi connectivity index (χ1n) is 11.8. The maximum Gasteiger partial charge on any atom is 0.222 e. The number of hydrogen-bond donors (Lipinski definition) is 1. The molecule has 9 heteroatoms. The Balaban J connectivity index is 0.000000421. The molecular formula is C26H31Cl2N3O4. The number of rotatable bonds is 7. The normalized spacial score (nSPS) is 15.2. The van der Waals surface area contributed by atoms with Gasteiger partial charge in [-0.3, -0.25) is 0 Å². The van der Waals surface area contributed by atoms with Crippen molar-refractivity contribution in [3.05, 3.63) is 34.4 Å². The molecule has 1 N–H and O–H groups in total. The largest absolute Gasteiger partial charge is 0.495 e. The van der Waals surface area contributed by atoms with Gasteiger partial charge in [0.25, 0.3) is 0 Å². The van der Waals surface area contributed by atoms with Crippen molar-refractivity contribution in [1.29, 1.82) is 0 Å².